The molecular weight excluding hydrogens is 482 g/mol. The van der Waals surface area contributed by atoms with Gasteiger partial charge in [-0.1, -0.05) is 51.5 Å². The number of aryl methyl sites for hydroxylation is 2. The Labute approximate surface area is 229 Å². The summed E-state index contributed by atoms with van der Waals surface area (Å²) in [5.74, 6) is 0.426. The van der Waals surface area contributed by atoms with Crippen molar-refractivity contribution in [1.82, 2.24) is 0 Å². The number of rotatable bonds is 7. The van der Waals surface area contributed by atoms with E-state index in [1.54, 1.807) is 6.07 Å². The molecule has 4 rings (SSSR count). The molecular formula is C31H49NO6. The Bertz CT molecular complexity index is 994. The maximum atomic E-state index is 12.2. The van der Waals surface area contributed by atoms with Gasteiger partial charge >= 0.3 is 5.97 Å². The summed E-state index contributed by atoms with van der Waals surface area (Å²) in [4.78, 5) is 14.6. The fourth-order valence-corrected chi connectivity index (χ4v) is 5.33. The number of fused-ring (bicyclic) bond motifs is 3. The molecule has 1 aliphatic carbocycles. The zero-order valence-corrected chi connectivity index (χ0v) is 24.2. The second-order valence-electron chi connectivity index (χ2n) is 9.51. The highest BCUT2D eigenvalue weighted by Gasteiger charge is 2.41. The highest BCUT2D eigenvalue weighted by Crippen LogP contribution is 2.44. The molecule has 1 unspecified atom stereocenters. The maximum absolute atomic E-state index is 12.2. The number of benzene rings is 2. The van der Waals surface area contributed by atoms with E-state index in [0.29, 0.717) is 18.6 Å². The third-order valence-electron chi connectivity index (χ3n) is 7.08. The van der Waals surface area contributed by atoms with Crippen LogP contribution >= 0.6 is 0 Å². The normalized spacial score (nSPS) is 18.1. The molecule has 1 heterocycles. The monoisotopic (exact) mass is 531 g/mol. The SMILES string of the molecule is CC.CC.COC(=O)c1ccc2c(c1)N(CCCCC(O)CO)C[C@@]1(CCCc3cc(C)ccc31)CO2.O. The lowest BCUT2D eigenvalue weighted by atomic mass is 9.69. The Morgan fingerprint density at radius 2 is 1.87 bits per heavy atom. The highest BCUT2D eigenvalue weighted by atomic mass is 16.5. The first-order valence-electron chi connectivity index (χ1n) is 13.9. The summed E-state index contributed by atoms with van der Waals surface area (Å²) in [5, 5.41) is 18.8. The number of aliphatic hydroxyl groups is 2. The van der Waals surface area contributed by atoms with Crippen LogP contribution in [0.3, 0.4) is 0 Å². The number of unbranched alkanes of at least 4 members (excludes halogenated alkanes) is 1. The number of methoxy groups -OCH3 is 1. The van der Waals surface area contributed by atoms with Gasteiger partial charge in [-0.15, -0.1) is 0 Å². The van der Waals surface area contributed by atoms with Crippen molar-refractivity contribution in [3.05, 3.63) is 58.7 Å². The largest absolute Gasteiger partial charge is 0.490 e. The predicted octanol–water partition coefficient (Wildman–Crippen LogP) is 5.01. The van der Waals surface area contributed by atoms with Crippen LogP contribution in [0.4, 0.5) is 5.69 Å². The smallest absolute Gasteiger partial charge is 0.337 e. The second kappa shape index (κ2) is 16.4. The molecule has 1 aliphatic heterocycles. The number of esters is 1. The summed E-state index contributed by atoms with van der Waals surface area (Å²) in [7, 11) is 1.39. The van der Waals surface area contributed by atoms with Crippen molar-refractivity contribution in [1.29, 1.82) is 0 Å². The van der Waals surface area contributed by atoms with Crippen LogP contribution in [0.2, 0.25) is 0 Å². The van der Waals surface area contributed by atoms with E-state index in [2.05, 4.69) is 30.0 Å². The number of carbonyl (C=O) groups excluding carboxylic acids is 1. The predicted molar refractivity (Wildman–Crippen MR) is 155 cm³/mol. The van der Waals surface area contributed by atoms with Gasteiger partial charge in [0.1, 0.15) is 5.75 Å². The van der Waals surface area contributed by atoms with E-state index in [1.807, 2.05) is 39.8 Å². The zero-order chi connectivity index (χ0) is 27.4. The van der Waals surface area contributed by atoms with Crippen molar-refractivity contribution < 1.29 is 30.0 Å². The third-order valence-corrected chi connectivity index (χ3v) is 7.08. The van der Waals surface area contributed by atoms with E-state index in [-0.39, 0.29) is 23.5 Å². The van der Waals surface area contributed by atoms with Gasteiger partial charge in [-0.25, -0.2) is 4.79 Å². The topological polar surface area (TPSA) is 111 Å². The molecule has 0 bridgehead atoms. The molecule has 7 heteroatoms. The fraction of sp³-hybridized carbons (Fsp3) is 0.581. The molecule has 4 N–H and O–H groups in total. The summed E-state index contributed by atoms with van der Waals surface area (Å²) in [6, 6.07) is 12.3. The minimum atomic E-state index is -0.671. The van der Waals surface area contributed by atoms with Gasteiger partial charge in [0.15, 0.2) is 0 Å². The van der Waals surface area contributed by atoms with Gasteiger partial charge in [0.25, 0.3) is 0 Å². The summed E-state index contributed by atoms with van der Waals surface area (Å²) in [6.07, 6.45) is 4.86. The molecule has 2 aromatic rings. The number of aliphatic hydroxyl groups excluding tert-OH is 2. The number of hydrogen-bond donors (Lipinski definition) is 2. The fourth-order valence-electron chi connectivity index (χ4n) is 5.33. The number of carbonyl (C=O) groups is 1. The molecule has 0 amide bonds. The van der Waals surface area contributed by atoms with E-state index >= 15 is 0 Å². The van der Waals surface area contributed by atoms with Crippen molar-refractivity contribution in [3.63, 3.8) is 0 Å². The van der Waals surface area contributed by atoms with Crippen molar-refractivity contribution in [2.75, 3.05) is 38.3 Å². The summed E-state index contributed by atoms with van der Waals surface area (Å²) >= 11 is 0. The molecule has 0 saturated heterocycles. The molecule has 0 saturated carbocycles. The van der Waals surface area contributed by atoms with Gasteiger partial charge in [-0.2, -0.15) is 0 Å². The molecule has 7 nitrogen and oxygen atoms in total. The average molecular weight is 532 g/mol. The van der Waals surface area contributed by atoms with Gasteiger partial charge in [0.05, 0.1) is 37.7 Å². The van der Waals surface area contributed by atoms with Gasteiger partial charge in [0.2, 0.25) is 0 Å². The van der Waals surface area contributed by atoms with Crippen LogP contribution in [0.15, 0.2) is 36.4 Å². The van der Waals surface area contributed by atoms with Gasteiger partial charge < -0.3 is 30.1 Å². The minimum Gasteiger partial charge on any atom is -0.490 e. The van der Waals surface area contributed by atoms with E-state index in [9.17, 15) is 9.90 Å². The quantitative estimate of drug-likeness (QED) is 0.384. The van der Waals surface area contributed by atoms with Gasteiger partial charge in [-0.3, -0.25) is 0 Å². The minimum absolute atomic E-state index is 0. The lowest BCUT2D eigenvalue weighted by molar-refractivity contribution is 0.0600. The van der Waals surface area contributed by atoms with Crippen molar-refractivity contribution >= 4 is 11.7 Å². The Morgan fingerprint density at radius 3 is 2.55 bits per heavy atom. The Kier molecular flexibility index (Phi) is 14.4. The van der Waals surface area contributed by atoms with Crippen LogP contribution in [-0.4, -0.2) is 61.2 Å². The Hall–Kier alpha value is -2.61. The van der Waals surface area contributed by atoms with E-state index in [0.717, 1.165) is 56.6 Å². The van der Waals surface area contributed by atoms with Crippen molar-refractivity contribution in [3.8, 4) is 5.75 Å². The molecule has 0 aromatic heterocycles. The van der Waals surface area contributed by atoms with E-state index in [4.69, 9.17) is 14.6 Å². The van der Waals surface area contributed by atoms with E-state index < -0.39 is 6.10 Å². The Balaban J connectivity index is 0.00000138. The average Bonchev–Trinajstić information content (AvgIpc) is 3.09. The molecule has 214 valence electrons. The standard InChI is InChI=1S/C27H35NO5.2C2H6.H2O/c1-19-8-10-23-20(14-19)6-5-12-27(23)17-28(13-4-3-7-22(30)16-29)24-15-21(26(31)32-2)9-11-25(24)33-18-27;2*1-2;/h8-11,14-15,22,29-30H,3-7,12-13,16-18H2,1-2H3;2*1-2H3;1H2/t22?,27-;;;/m0.../s1. The van der Waals surface area contributed by atoms with E-state index in [1.165, 1.54) is 23.8 Å². The number of anilines is 1. The molecule has 0 radical (unpaired) electrons. The number of nitrogens with zero attached hydrogens (tertiary/aromatic N) is 1. The van der Waals surface area contributed by atoms with Gasteiger partial charge in [-0.05, 0) is 74.8 Å². The summed E-state index contributed by atoms with van der Waals surface area (Å²) < 4.78 is 11.4. The Morgan fingerprint density at radius 1 is 1.13 bits per heavy atom. The van der Waals surface area contributed by atoms with Gasteiger partial charge in [0, 0.05) is 18.5 Å². The number of ether oxygens (including phenoxy) is 2. The molecule has 38 heavy (non-hydrogen) atoms. The summed E-state index contributed by atoms with van der Waals surface area (Å²) in [5.41, 5.74) is 5.38. The van der Waals surface area contributed by atoms with Crippen LogP contribution in [0.1, 0.15) is 86.8 Å². The first-order chi connectivity index (χ1) is 18.0. The first-order valence-corrected chi connectivity index (χ1v) is 13.9. The molecule has 2 aromatic carbocycles. The first kappa shape index (κ1) is 33.4. The highest BCUT2D eigenvalue weighted by molar-refractivity contribution is 5.91. The molecule has 1 spiro atoms. The maximum Gasteiger partial charge on any atom is 0.337 e. The van der Waals surface area contributed by atoms with Crippen LogP contribution in [0.25, 0.3) is 0 Å². The number of hydrogen-bond acceptors (Lipinski definition) is 6. The lowest BCUT2D eigenvalue weighted by Gasteiger charge is -2.41. The van der Waals surface area contributed by atoms with Crippen LogP contribution in [-0.2, 0) is 16.6 Å². The lowest BCUT2D eigenvalue weighted by Crippen LogP contribution is -2.46. The molecule has 2 aliphatic rings. The van der Waals surface area contributed by atoms with Crippen molar-refractivity contribution in [2.24, 2.45) is 0 Å². The third kappa shape index (κ3) is 7.95. The van der Waals surface area contributed by atoms with Crippen LogP contribution < -0.4 is 9.64 Å². The second-order valence-corrected chi connectivity index (χ2v) is 9.51. The summed E-state index contributed by atoms with van der Waals surface area (Å²) in [6.45, 7) is 12.1. The van der Waals surface area contributed by atoms with Crippen LogP contribution in [0, 0.1) is 6.92 Å². The van der Waals surface area contributed by atoms with Crippen molar-refractivity contribution in [2.45, 2.75) is 84.7 Å². The zero-order valence-electron chi connectivity index (χ0n) is 24.2. The van der Waals surface area contributed by atoms with Crippen LogP contribution in [0.5, 0.6) is 5.75 Å². The molecule has 2 atom stereocenters. The molecule has 0 fully saturated rings.